The van der Waals surface area contributed by atoms with Gasteiger partial charge in [0.25, 0.3) is 0 Å². The number of halogens is 2. The predicted octanol–water partition coefficient (Wildman–Crippen LogP) is 4.28. The van der Waals surface area contributed by atoms with Gasteiger partial charge in [-0.1, -0.05) is 11.6 Å². The lowest BCUT2D eigenvalue weighted by Gasteiger charge is -2.09. The molecular weight excluding hydrogens is 265 g/mol. The highest BCUT2D eigenvalue weighted by Crippen LogP contribution is 2.20. The van der Waals surface area contributed by atoms with Gasteiger partial charge < -0.3 is 10.1 Å². The summed E-state index contributed by atoms with van der Waals surface area (Å²) < 4.78 is 18.3. The predicted molar refractivity (Wildman–Crippen MR) is 76.6 cm³/mol. The van der Waals surface area contributed by atoms with E-state index in [2.05, 4.69) is 5.32 Å². The first kappa shape index (κ1) is 13.7. The summed E-state index contributed by atoms with van der Waals surface area (Å²) in [5.74, 6) is 0.557. The number of benzene rings is 2. The van der Waals surface area contributed by atoms with E-state index >= 15 is 0 Å². The van der Waals surface area contributed by atoms with Crippen molar-refractivity contribution in [3.63, 3.8) is 0 Å². The molecule has 0 aromatic heterocycles. The Morgan fingerprint density at radius 2 is 1.89 bits per heavy atom. The summed E-state index contributed by atoms with van der Waals surface area (Å²) in [6.07, 6.45) is 0. The van der Waals surface area contributed by atoms with Crippen molar-refractivity contribution in [1.29, 1.82) is 0 Å². The van der Waals surface area contributed by atoms with Crippen LogP contribution in [0.1, 0.15) is 5.56 Å². The van der Waals surface area contributed by atoms with Crippen molar-refractivity contribution in [1.82, 2.24) is 0 Å². The molecule has 0 atom stereocenters. The zero-order chi connectivity index (χ0) is 13.7. The standard InChI is InChI=1S/C15H15ClFNO/c1-11-10-14(6-7-15(11)16)19-9-8-18-13-4-2-12(17)3-5-13/h2-7,10,18H,8-9H2,1H3. The first-order valence-electron chi connectivity index (χ1n) is 6.03. The molecule has 100 valence electrons. The fourth-order valence-electron chi connectivity index (χ4n) is 1.64. The molecule has 0 fully saturated rings. The van der Waals surface area contributed by atoms with E-state index in [0.29, 0.717) is 13.2 Å². The van der Waals surface area contributed by atoms with Crippen LogP contribution in [0.5, 0.6) is 5.75 Å². The topological polar surface area (TPSA) is 21.3 Å². The summed E-state index contributed by atoms with van der Waals surface area (Å²) in [6.45, 7) is 3.11. The minimum Gasteiger partial charge on any atom is -0.492 e. The van der Waals surface area contributed by atoms with E-state index in [-0.39, 0.29) is 5.82 Å². The summed E-state index contributed by atoms with van der Waals surface area (Å²) in [4.78, 5) is 0. The molecule has 0 spiro atoms. The van der Waals surface area contributed by atoms with Crippen molar-refractivity contribution < 1.29 is 9.13 Å². The average molecular weight is 280 g/mol. The van der Waals surface area contributed by atoms with Gasteiger partial charge >= 0.3 is 0 Å². The molecule has 0 bridgehead atoms. The van der Waals surface area contributed by atoms with Gasteiger partial charge in [0.2, 0.25) is 0 Å². The molecule has 0 saturated heterocycles. The second-order valence-corrected chi connectivity index (χ2v) is 4.60. The minimum absolute atomic E-state index is 0.238. The van der Waals surface area contributed by atoms with E-state index in [1.54, 1.807) is 12.1 Å². The third kappa shape index (κ3) is 4.14. The lowest BCUT2D eigenvalue weighted by Crippen LogP contribution is -2.11. The SMILES string of the molecule is Cc1cc(OCCNc2ccc(F)cc2)ccc1Cl. The Balaban J connectivity index is 1.77. The van der Waals surface area contributed by atoms with Crippen molar-refractivity contribution >= 4 is 17.3 Å². The number of hydrogen-bond acceptors (Lipinski definition) is 2. The van der Waals surface area contributed by atoms with E-state index < -0.39 is 0 Å². The Hall–Kier alpha value is -1.74. The Labute approximate surface area is 117 Å². The third-order valence-electron chi connectivity index (χ3n) is 2.67. The number of aryl methyl sites for hydroxylation is 1. The average Bonchev–Trinajstić information content (AvgIpc) is 2.41. The van der Waals surface area contributed by atoms with Crippen LogP contribution in [-0.2, 0) is 0 Å². The van der Waals surface area contributed by atoms with Crippen LogP contribution in [0.2, 0.25) is 5.02 Å². The highest BCUT2D eigenvalue weighted by Gasteiger charge is 1.98. The van der Waals surface area contributed by atoms with Crippen molar-refractivity contribution in [2.45, 2.75) is 6.92 Å². The van der Waals surface area contributed by atoms with Crippen molar-refractivity contribution in [3.05, 3.63) is 58.9 Å². The van der Waals surface area contributed by atoms with Crippen LogP contribution in [0.3, 0.4) is 0 Å². The zero-order valence-corrected chi connectivity index (χ0v) is 11.4. The second-order valence-electron chi connectivity index (χ2n) is 4.19. The maximum atomic E-state index is 12.7. The molecule has 1 N–H and O–H groups in total. The van der Waals surface area contributed by atoms with Gasteiger partial charge in [-0.15, -0.1) is 0 Å². The summed E-state index contributed by atoms with van der Waals surface area (Å²) in [7, 11) is 0. The lowest BCUT2D eigenvalue weighted by atomic mass is 10.2. The Morgan fingerprint density at radius 3 is 2.58 bits per heavy atom. The Morgan fingerprint density at radius 1 is 1.16 bits per heavy atom. The molecule has 2 aromatic rings. The van der Waals surface area contributed by atoms with Gasteiger partial charge in [0.1, 0.15) is 18.2 Å². The van der Waals surface area contributed by atoms with E-state index in [9.17, 15) is 4.39 Å². The molecule has 0 aliphatic rings. The Bertz CT molecular complexity index is 542. The van der Waals surface area contributed by atoms with Crippen molar-refractivity contribution in [3.8, 4) is 5.75 Å². The zero-order valence-electron chi connectivity index (χ0n) is 10.6. The monoisotopic (exact) mass is 279 g/mol. The highest BCUT2D eigenvalue weighted by molar-refractivity contribution is 6.31. The van der Waals surface area contributed by atoms with Gasteiger partial charge in [0, 0.05) is 17.3 Å². The quantitative estimate of drug-likeness (QED) is 0.825. The molecule has 19 heavy (non-hydrogen) atoms. The molecule has 0 unspecified atom stereocenters. The molecule has 0 radical (unpaired) electrons. The fourth-order valence-corrected chi connectivity index (χ4v) is 1.76. The molecule has 0 heterocycles. The van der Waals surface area contributed by atoms with Crippen molar-refractivity contribution in [2.75, 3.05) is 18.5 Å². The molecular formula is C15H15ClFNO. The van der Waals surface area contributed by atoms with E-state index in [4.69, 9.17) is 16.3 Å². The highest BCUT2D eigenvalue weighted by atomic mass is 35.5. The third-order valence-corrected chi connectivity index (χ3v) is 3.10. The maximum Gasteiger partial charge on any atom is 0.123 e. The molecule has 0 aliphatic heterocycles. The van der Waals surface area contributed by atoms with Gasteiger partial charge in [-0.3, -0.25) is 0 Å². The summed E-state index contributed by atoms with van der Waals surface area (Å²) in [5, 5.41) is 3.88. The van der Waals surface area contributed by atoms with Crippen LogP contribution in [0.15, 0.2) is 42.5 Å². The van der Waals surface area contributed by atoms with E-state index in [0.717, 1.165) is 22.0 Å². The van der Waals surface area contributed by atoms with Crippen LogP contribution in [0.25, 0.3) is 0 Å². The molecule has 4 heteroatoms. The molecule has 2 nitrogen and oxygen atoms in total. The largest absolute Gasteiger partial charge is 0.492 e. The lowest BCUT2D eigenvalue weighted by molar-refractivity contribution is 0.332. The molecule has 2 rings (SSSR count). The number of anilines is 1. The molecule has 0 amide bonds. The second kappa shape index (κ2) is 6.43. The molecule has 0 aliphatic carbocycles. The van der Waals surface area contributed by atoms with Gasteiger partial charge in [-0.25, -0.2) is 4.39 Å². The van der Waals surface area contributed by atoms with Crippen LogP contribution in [-0.4, -0.2) is 13.2 Å². The summed E-state index contributed by atoms with van der Waals surface area (Å²) >= 11 is 5.94. The molecule has 0 saturated carbocycles. The van der Waals surface area contributed by atoms with Crippen LogP contribution < -0.4 is 10.1 Å². The van der Waals surface area contributed by atoms with Crippen LogP contribution in [0.4, 0.5) is 10.1 Å². The number of rotatable bonds is 5. The Kier molecular flexibility index (Phi) is 4.63. The summed E-state index contributed by atoms with van der Waals surface area (Å²) in [6, 6.07) is 11.8. The molecule has 2 aromatic carbocycles. The van der Waals surface area contributed by atoms with Crippen LogP contribution >= 0.6 is 11.6 Å². The first-order valence-corrected chi connectivity index (χ1v) is 6.41. The minimum atomic E-state index is -0.238. The first-order chi connectivity index (χ1) is 9.15. The van der Waals surface area contributed by atoms with Gasteiger partial charge in [-0.2, -0.15) is 0 Å². The van der Waals surface area contributed by atoms with Gasteiger partial charge in [0.05, 0.1) is 0 Å². The number of nitrogens with one attached hydrogen (secondary N) is 1. The summed E-state index contributed by atoms with van der Waals surface area (Å²) in [5.41, 5.74) is 1.86. The van der Waals surface area contributed by atoms with Crippen molar-refractivity contribution in [2.24, 2.45) is 0 Å². The van der Waals surface area contributed by atoms with Gasteiger partial charge in [0.15, 0.2) is 0 Å². The van der Waals surface area contributed by atoms with Gasteiger partial charge in [-0.05, 0) is 55.0 Å². The fraction of sp³-hybridized carbons (Fsp3) is 0.200. The van der Waals surface area contributed by atoms with E-state index in [1.807, 2.05) is 25.1 Å². The van der Waals surface area contributed by atoms with E-state index in [1.165, 1.54) is 12.1 Å². The smallest absolute Gasteiger partial charge is 0.123 e. The number of ether oxygens (including phenoxy) is 1. The number of hydrogen-bond donors (Lipinski definition) is 1. The maximum absolute atomic E-state index is 12.7. The van der Waals surface area contributed by atoms with Crippen LogP contribution in [0, 0.1) is 12.7 Å². The normalized spacial score (nSPS) is 10.3.